The lowest BCUT2D eigenvalue weighted by Gasteiger charge is -2.27. The van der Waals surface area contributed by atoms with Gasteiger partial charge in [-0.25, -0.2) is 9.37 Å². The molecule has 0 spiro atoms. The van der Waals surface area contributed by atoms with Gasteiger partial charge in [0.2, 0.25) is 5.91 Å². The molecule has 0 bridgehead atoms. The van der Waals surface area contributed by atoms with Gasteiger partial charge in [-0.05, 0) is 43.7 Å². The van der Waals surface area contributed by atoms with Crippen molar-refractivity contribution < 1.29 is 22.4 Å². The molecule has 0 unspecified atom stereocenters. The van der Waals surface area contributed by atoms with Crippen LogP contribution in [0.5, 0.6) is 0 Å². The first-order chi connectivity index (χ1) is 13.7. The lowest BCUT2D eigenvalue weighted by atomic mass is 10.2. The number of hydrogen-bond acceptors (Lipinski definition) is 4. The van der Waals surface area contributed by atoms with E-state index in [-0.39, 0.29) is 5.91 Å². The second kappa shape index (κ2) is 8.77. The number of pyridine rings is 1. The average molecular weight is 410 g/mol. The third-order valence-electron chi connectivity index (χ3n) is 4.95. The zero-order chi connectivity index (χ0) is 21.0. The number of rotatable bonds is 4. The van der Waals surface area contributed by atoms with Gasteiger partial charge in [0.05, 0.1) is 11.6 Å². The second-order valence-corrected chi connectivity index (χ2v) is 6.95. The molecule has 1 aliphatic rings. The Balaban J connectivity index is 1.59. The first-order valence-corrected chi connectivity index (χ1v) is 9.33. The quantitative estimate of drug-likeness (QED) is 0.780. The highest BCUT2D eigenvalue weighted by Crippen LogP contribution is 2.29. The topological polar surface area (TPSA) is 48.5 Å². The summed E-state index contributed by atoms with van der Waals surface area (Å²) >= 11 is 0. The maximum atomic E-state index is 13.3. The minimum absolute atomic E-state index is 0.239. The summed E-state index contributed by atoms with van der Waals surface area (Å²) < 4.78 is 51.4. The van der Waals surface area contributed by atoms with Crippen LogP contribution < -0.4 is 10.2 Å². The van der Waals surface area contributed by atoms with Gasteiger partial charge in [-0.15, -0.1) is 0 Å². The summed E-state index contributed by atoms with van der Waals surface area (Å²) in [5.41, 5.74) is -0.382. The van der Waals surface area contributed by atoms with E-state index >= 15 is 0 Å². The lowest BCUT2D eigenvalue weighted by molar-refractivity contribution is -0.137. The zero-order valence-electron chi connectivity index (χ0n) is 15.9. The van der Waals surface area contributed by atoms with Crippen LogP contribution >= 0.6 is 0 Å². The van der Waals surface area contributed by atoms with Crippen molar-refractivity contribution in [1.82, 2.24) is 9.88 Å². The molecule has 1 aromatic heterocycles. The number of nitrogens with one attached hydrogen (secondary N) is 1. The molecule has 1 N–H and O–H groups in total. The van der Waals surface area contributed by atoms with E-state index in [9.17, 15) is 22.4 Å². The van der Waals surface area contributed by atoms with Crippen LogP contribution in [0.2, 0.25) is 0 Å². The number of nitrogens with zero attached hydrogens (tertiary/aromatic N) is 3. The van der Waals surface area contributed by atoms with E-state index < -0.39 is 23.6 Å². The summed E-state index contributed by atoms with van der Waals surface area (Å²) in [6, 6.07) is 7.67. The number of aromatic nitrogens is 1. The van der Waals surface area contributed by atoms with E-state index in [0.29, 0.717) is 37.7 Å². The van der Waals surface area contributed by atoms with Crippen molar-refractivity contribution in [2.75, 3.05) is 36.4 Å². The molecule has 2 aromatic rings. The highest BCUT2D eigenvalue weighted by Gasteiger charge is 2.31. The highest BCUT2D eigenvalue weighted by molar-refractivity contribution is 5.94. The Labute approximate surface area is 166 Å². The fourth-order valence-electron chi connectivity index (χ4n) is 3.27. The van der Waals surface area contributed by atoms with Gasteiger partial charge >= 0.3 is 6.18 Å². The van der Waals surface area contributed by atoms with Crippen LogP contribution in [0, 0.1) is 5.82 Å². The normalized spacial score (nSPS) is 16.9. The van der Waals surface area contributed by atoms with Crippen molar-refractivity contribution >= 4 is 17.4 Å². The molecule has 0 saturated carbocycles. The number of halogens is 4. The predicted octanol–water partition coefficient (Wildman–Crippen LogP) is 3.78. The van der Waals surface area contributed by atoms with Crippen LogP contribution in [0.25, 0.3) is 0 Å². The fraction of sp³-hybridized carbons (Fsp3) is 0.400. The molecule has 1 aromatic carbocycles. The molecule has 1 amide bonds. The summed E-state index contributed by atoms with van der Waals surface area (Å²) in [6.07, 6.45) is -2.83. The van der Waals surface area contributed by atoms with Crippen LogP contribution in [0.4, 0.5) is 29.1 Å². The van der Waals surface area contributed by atoms with E-state index in [1.165, 1.54) is 24.3 Å². The smallest absolute Gasteiger partial charge is 0.355 e. The molecule has 1 fully saturated rings. The molecule has 1 atom stereocenters. The Morgan fingerprint density at radius 2 is 1.93 bits per heavy atom. The van der Waals surface area contributed by atoms with Gasteiger partial charge in [0.1, 0.15) is 11.6 Å². The Morgan fingerprint density at radius 3 is 2.59 bits per heavy atom. The average Bonchev–Trinajstić information content (AvgIpc) is 2.93. The maximum Gasteiger partial charge on any atom is 0.417 e. The monoisotopic (exact) mass is 410 g/mol. The molecule has 9 heteroatoms. The zero-order valence-corrected chi connectivity index (χ0v) is 15.9. The number of benzene rings is 1. The molecule has 3 rings (SSSR count). The van der Waals surface area contributed by atoms with E-state index in [2.05, 4.69) is 10.3 Å². The van der Waals surface area contributed by atoms with Crippen LogP contribution in [0.1, 0.15) is 18.9 Å². The molecule has 156 valence electrons. The van der Waals surface area contributed by atoms with Crippen LogP contribution in [0.15, 0.2) is 42.6 Å². The van der Waals surface area contributed by atoms with Crippen molar-refractivity contribution in [2.45, 2.75) is 25.6 Å². The number of anilines is 2. The summed E-state index contributed by atoms with van der Waals surface area (Å²) in [4.78, 5) is 20.4. The number of amides is 1. The first kappa shape index (κ1) is 21.0. The fourth-order valence-corrected chi connectivity index (χ4v) is 3.27. The molecule has 0 aliphatic carbocycles. The van der Waals surface area contributed by atoms with E-state index in [4.69, 9.17) is 0 Å². The second-order valence-electron chi connectivity index (χ2n) is 6.95. The van der Waals surface area contributed by atoms with Crippen LogP contribution in [-0.4, -0.2) is 48.0 Å². The largest absolute Gasteiger partial charge is 0.417 e. The number of hydrogen-bond donors (Lipinski definition) is 1. The van der Waals surface area contributed by atoms with Crippen LogP contribution in [0.3, 0.4) is 0 Å². The molecule has 29 heavy (non-hydrogen) atoms. The summed E-state index contributed by atoms with van der Waals surface area (Å²) in [5, 5.41) is 2.71. The SMILES string of the molecule is C[C@H](C(=O)Nc1cccc(F)c1)N1CCCN(c2ccc(C(F)(F)F)cn2)CC1. The Bertz CT molecular complexity index is 841. The van der Waals surface area contributed by atoms with E-state index in [1.54, 1.807) is 13.0 Å². The minimum atomic E-state index is -4.41. The summed E-state index contributed by atoms with van der Waals surface area (Å²) in [7, 11) is 0. The molecule has 5 nitrogen and oxygen atoms in total. The Morgan fingerprint density at radius 1 is 1.14 bits per heavy atom. The van der Waals surface area contributed by atoms with Gasteiger partial charge in [-0.1, -0.05) is 6.07 Å². The standard InChI is InChI=1S/C20H22F4N4O/c1-14(19(29)26-17-5-2-4-16(21)12-17)27-8-3-9-28(11-10-27)18-7-6-15(13-25-18)20(22,23)24/h2,4-7,12-14H,3,8-11H2,1H3,(H,26,29)/t14-/m1/s1. The van der Waals surface area contributed by atoms with E-state index in [0.717, 1.165) is 18.7 Å². The summed E-state index contributed by atoms with van der Waals surface area (Å²) in [6.45, 7) is 4.17. The maximum absolute atomic E-state index is 13.3. The Kier molecular flexibility index (Phi) is 6.36. The van der Waals surface area contributed by atoms with Gasteiger partial charge < -0.3 is 10.2 Å². The van der Waals surface area contributed by atoms with Gasteiger partial charge in [-0.3, -0.25) is 9.69 Å². The number of carbonyl (C=O) groups is 1. The van der Waals surface area contributed by atoms with Crippen molar-refractivity contribution in [3.05, 3.63) is 54.0 Å². The molecular weight excluding hydrogens is 388 g/mol. The number of alkyl halides is 3. The van der Waals surface area contributed by atoms with Crippen LogP contribution in [-0.2, 0) is 11.0 Å². The molecule has 2 heterocycles. The van der Waals surface area contributed by atoms with Crippen molar-refractivity contribution in [3.8, 4) is 0 Å². The molecule has 0 radical (unpaired) electrons. The van der Waals surface area contributed by atoms with Gasteiger partial charge in [0.25, 0.3) is 0 Å². The molecular formula is C20H22F4N4O. The molecule has 1 saturated heterocycles. The van der Waals surface area contributed by atoms with Gasteiger partial charge in [0.15, 0.2) is 0 Å². The predicted molar refractivity (Wildman–Crippen MR) is 102 cm³/mol. The third kappa shape index (κ3) is 5.44. The third-order valence-corrected chi connectivity index (χ3v) is 4.95. The molecule has 1 aliphatic heterocycles. The summed E-state index contributed by atoms with van der Waals surface area (Å²) in [5.74, 6) is -0.182. The van der Waals surface area contributed by atoms with E-state index in [1.807, 2.05) is 9.80 Å². The van der Waals surface area contributed by atoms with Crippen molar-refractivity contribution in [3.63, 3.8) is 0 Å². The lowest BCUT2D eigenvalue weighted by Crippen LogP contribution is -2.44. The minimum Gasteiger partial charge on any atom is -0.355 e. The van der Waals surface area contributed by atoms with Crippen molar-refractivity contribution in [2.24, 2.45) is 0 Å². The van der Waals surface area contributed by atoms with Gasteiger partial charge in [0, 0.05) is 38.1 Å². The van der Waals surface area contributed by atoms with Gasteiger partial charge in [-0.2, -0.15) is 13.2 Å². The number of carbonyl (C=O) groups excluding carboxylic acids is 1. The highest BCUT2D eigenvalue weighted by atomic mass is 19.4. The van der Waals surface area contributed by atoms with Crippen molar-refractivity contribution in [1.29, 1.82) is 0 Å². The first-order valence-electron chi connectivity index (χ1n) is 9.33. The Hall–Kier alpha value is -2.68.